The summed E-state index contributed by atoms with van der Waals surface area (Å²) in [5, 5.41) is 0. The van der Waals surface area contributed by atoms with Crippen LogP contribution in [0.15, 0.2) is 72.3 Å². The fourth-order valence-electron chi connectivity index (χ4n) is 11.8. The number of para-hydroxylation sites is 2. The van der Waals surface area contributed by atoms with Gasteiger partial charge in [0.2, 0.25) is 0 Å². The first-order chi connectivity index (χ1) is 26.6. The second-order valence-corrected chi connectivity index (χ2v) is 23.3. The number of hydrogen-bond donors (Lipinski definition) is 0. The minimum atomic E-state index is -1.91. The summed E-state index contributed by atoms with van der Waals surface area (Å²) in [6.45, 7) is 19.9. The fourth-order valence-corrected chi connectivity index (χ4v) is 19.3. The van der Waals surface area contributed by atoms with Gasteiger partial charge >= 0.3 is 0 Å². The van der Waals surface area contributed by atoms with Gasteiger partial charge in [0.15, 0.2) is 0 Å². The van der Waals surface area contributed by atoms with Crippen LogP contribution in [-0.2, 0) is 0 Å². The van der Waals surface area contributed by atoms with E-state index >= 15 is 0 Å². The van der Waals surface area contributed by atoms with Gasteiger partial charge in [-0.3, -0.25) is 0 Å². The molecule has 3 aliphatic carbocycles. The Balaban J connectivity index is 1.67. The van der Waals surface area contributed by atoms with Gasteiger partial charge in [-0.1, -0.05) is 186 Å². The zero-order valence-corrected chi connectivity index (χ0v) is 37.0. The molecule has 1 heterocycles. The molecular formula is C52H75N2P. The van der Waals surface area contributed by atoms with Crippen molar-refractivity contribution < 1.29 is 0 Å². The van der Waals surface area contributed by atoms with Crippen LogP contribution in [-0.4, -0.2) is 35.6 Å². The third-order valence-corrected chi connectivity index (χ3v) is 20.5. The molecule has 1 atom stereocenters. The van der Waals surface area contributed by atoms with E-state index in [4.69, 9.17) is 0 Å². The van der Waals surface area contributed by atoms with E-state index in [1.54, 1.807) is 33.6 Å². The van der Waals surface area contributed by atoms with Gasteiger partial charge in [-0.2, -0.15) is 0 Å². The zero-order chi connectivity index (χ0) is 38.7. The van der Waals surface area contributed by atoms with Crippen molar-refractivity contribution in [2.45, 2.75) is 186 Å². The summed E-state index contributed by atoms with van der Waals surface area (Å²) in [6, 6.07) is 26.2. The van der Waals surface area contributed by atoms with Crippen LogP contribution in [0.4, 0.5) is 11.4 Å². The number of benzene rings is 3. The molecule has 0 amide bonds. The summed E-state index contributed by atoms with van der Waals surface area (Å²) in [4.78, 5) is 6.16. The third kappa shape index (κ3) is 7.94. The number of rotatable bonds is 10. The first-order valence-corrected chi connectivity index (χ1v) is 25.0. The number of nitrogens with zero attached hydrogens (tertiary/aromatic N) is 2. The number of anilines is 2. The second kappa shape index (κ2) is 17.8. The van der Waals surface area contributed by atoms with Gasteiger partial charge in [0.05, 0.1) is 0 Å². The van der Waals surface area contributed by atoms with Crippen molar-refractivity contribution in [3.05, 3.63) is 100 Å². The minimum Gasteiger partial charge on any atom is -0.326 e. The summed E-state index contributed by atoms with van der Waals surface area (Å²) in [5.41, 5.74) is 16.7. The Morgan fingerprint density at radius 3 is 1.33 bits per heavy atom. The van der Waals surface area contributed by atoms with Crippen molar-refractivity contribution in [1.82, 2.24) is 0 Å². The van der Waals surface area contributed by atoms with Crippen molar-refractivity contribution in [3.8, 4) is 0 Å². The molecular weight excluding hydrogens is 684 g/mol. The topological polar surface area (TPSA) is 6.48 Å². The quantitative estimate of drug-likeness (QED) is 0.190. The molecule has 3 aromatic rings. The first kappa shape index (κ1) is 40.5. The van der Waals surface area contributed by atoms with E-state index < -0.39 is 6.89 Å². The summed E-state index contributed by atoms with van der Waals surface area (Å²) in [7, 11) is 0. The molecule has 55 heavy (non-hydrogen) atoms. The van der Waals surface area contributed by atoms with Gasteiger partial charge in [-0.05, 0) is 108 Å². The molecule has 1 unspecified atom stereocenters. The van der Waals surface area contributed by atoms with E-state index in [1.165, 1.54) is 95.5 Å². The Kier molecular flexibility index (Phi) is 13.1. The maximum atomic E-state index is 3.08. The lowest BCUT2D eigenvalue weighted by atomic mass is 9.92. The van der Waals surface area contributed by atoms with Crippen LogP contribution in [0.3, 0.4) is 0 Å². The molecule has 0 bridgehead atoms. The van der Waals surface area contributed by atoms with Gasteiger partial charge in [-0.15, -0.1) is 0 Å². The number of hydrogen-bond acceptors (Lipinski definition) is 0. The van der Waals surface area contributed by atoms with Gasteiger partial charge in [0.1, 0.15) is 5.54 Å². The smallest absolute Gasteiger partial charge is 0.109 e. The molecule has 4 aliphatic rings. The van der Waals surface area contributed by atoms with Crippen molar-refractivity contribution >= 4 is 29.9 Å². The Morgan fingerprint density at radius 2 is 0.909 bits per heavy atom. The highest BCUT2D eigenvalue weighted by atomic mass is 31.2. The van der Waals surface area contributed by atoms with E-state index in [2.05, 4.69) is 138 Å². The van der Waals surface area contributed by atoms with Crippen LogP contribution in [0.5, 0.6) is 0 Å². The molecule has 2 nitrogen and oxygen atoms in total. The van der Waals surface area contributed by atoms with Crippen molar-refractivity contribution in [2.24, 2.45) is 0 Å². The normalized spacial score (nSPS) is 21.6. The van der Waals surface area contributed by atoms with Crippen molar-refractivity contribution in [3.63, 3.8) is 0 Å². The van der Waals surface area contributed by atoms with Crippen LogP contribution >= 0.6 is 6.89 Å². The molecule has 3 heteroatoms. The molecule has 1 saturated heterocycles. The van der Waals surface area contributed by atoms with Gasteiger partial charge in [0.25, 0.3) is 0 Å². The van der Waals surface area contributed by atoms with E-state index in [-0.39, 0.29) is 0 Å². The summed E-state index contributed by atoms with van der Waals surface area (Å²) in [6.07, 6.45) is 22.3. The van der Waals surface area contributed by atoms with E-state index in [0.717, 1.165) is 24.4 Å². The van der Waals surface area contributed by atoms with Crippen LogP contribution in [0, 0.1) is 0 Å². The molecule has 0 aromatic heterocycles. The number of allylic oxidation sites excluding steroid dienone is 1. The Morgan fingerprint density at radius 1 is 0.491 bits per heavy atom. The van der Waals surface area contributed by atoms with Gasteiger partial charge in [-0.25, -0.2) is 0 Å². The predicted molar refractivity (Wildman–Crippen MR) is 246 cm³/mol. The highest BCUT2D eigenvalue weighted by Gasteiger charge is 2.51. The largest absolute Gasteiger partial charge is 0.326 e. The monoisotopic (exact) mass is 759 g/mol. The molecule has 4 fully saturated rings. The van der Waals surface area contributed by atoms with Crippen LogP contribution in [0.25, 0.3) is 6.08 Å². The lowest BCUT2D eigenvalue weighted by Gasteiger charge is -2.54. The fraction of sp³-hybridized carbons (Fsp3) is 0.596. The van der Waals surface area contributed by atoms with Crippen LogP contribution in [0.1, 0.15) is 197 Å². The Bertz CT molecular complexity index is 1670. The molecule has 0 radical (unpaired) electrons. The standard InChI is InChI=1S/C52H75N2P/c1-37(2)45-29-20-30-46(38(3)4)50(45)53-34-35-54(51-47(39(5)6)31-21-32-48(51)40(7)8)52(53)55(43-25-14-10-15-26-43,44-27-16-11-17-28-44)49-33-19-18-24-42(49)36-41-22-12-9-13-23-41/h9,12-13,20-23,29-32,36-40,43-44,49H,10-11,14-19,24-28,33-35H2,1-8H3. The zero-order valence-electron chi connectivity index (χ0n) is 36.1. The maximum Gasteiger partial charge on any atom is 0.109 e. The van der Waals surface area contributed by atoms with E-state index in [9.17, 15) is 0 Å². The van der Waals surface area contributed by atoms with Crippen LogP contribution in [0.2, 0.25) is 0 Å². The molecule has 1 aliphatic heterocycles. The van der Waals surface area contributed by atoms with Gasteiger partial charge in [0, 0.05) is 30.1 Å². The predicted octanol–water partition coefficient (Wildman–Crippen LogP) is 15.3. The van der Waals surface area contributed by atoms with Crippen molar-refractivity contribution in [1.29, 1.82) is 0 Å². The SMILES string of the molecule is CC(C)c1cccc(C(C)C)c1N1CCN(c2c(C(C)C)cccc2C(C)C)C1=P(C1CCCCC1)(C1CCCCC1)C1CCCCC1=Cc1ccccc1. The lowest BCUT2D eigenvalue weighted by molar-refractivity contribution is 0.475. The molecule has 7 rings (SSSR count). The molecule has 0 N–H and O–H groups in total. The Labute approximate surface area is 337 Å². The van der Waals surface area contributed by atoms with E-state index in [0.29, 0.717) is 29.3 Å². The first-order valence-electron chi connectivity index (χ1n) is 23.0. The van der Waals surface area contributed by atoms with Gasteiger partial charge < -0.3 is 9.80 Å². The maximum absolute atomic E-state index is 3.08. The van der Waals surface area contributed by atoms with E-state index in [1.807, 2.05) is 11.1 Å². The molecule has 3 saturated carbocycles. The summed E-state index contributed by atoms with van der Waals surface area (Å²) < 4.78 is 0. The summed E-state index contributed by atoms with van der Waals surface area (Å²) in [5.74, 6) is 1.88. The Hall–Kier alpha value is -2.70. The van der Waals surface area contributed by atoms with Crippen molar-refractivity contribution in [2.75, 3.05) is 22.9 Å². The third-order valence-electron chi connectivity index (χ3n) is 14.2. The van der Waals surface area contributed by atoms with Crippen LogP contribution < -0.4 is 9.80 Å². The minimum absolute atomic E-state index is 0.471. The molecule has 3 aromatic carbocycles. The molecule has 298 valence electrons. The lowest BCUT2D eigenvalue weighted by Crippen LogP contribution is -2.45. The average Bonchev–Trinajstić information content (AvgIpc) is 3.64. The summed E-state index contributed by atoms with van der Waals surface area (Å²) >= 11 is 0. The highest BCUT2D eigenvalue weighted by molar-refractivity contribution is 7.78. The second-order valence-electron chi connectivity index (χ2n) is 19.1. The average molecular weight is 759 g/mol. The molecule has 0 spiro atoms. The highest BCUT2D eigenvalue weighted by Crippen LogP contribution is 2.73.